The van der Waals surface area contributed by atoms with Gasteiger partial charge in [0.2, 0.25) is 0 Å². The lowest BCUT2D eigenvalue weighted by Gasteiger charge is -2.11. The van der Waals surface area contributed by atoms with Crippen LogP contribution >= 0.6 is 23.2 Å². The van der Waals surface area contributed by atoms with Gasteiger partial charge >= 0.3 is 0 Å². The fourth-order valence-electron chi connectivity index (χ4n) is 4.03. The van der Waals surface area contributed by atoms with Gasteiger partial charge in [0, 0.05) is 26.7 Å². The van der Waals surface area contributed by atoms with Gasteiger partial charge < -0.3 is 13.6 Å². The lowest BCUT2D eigenvalue weighted by atomic mass is 9.94. The zero-order valence-corrected chi connectivity index (χ0v) is 20.9. The molecule has 0 bridgehead atoms. The first-order valence-corrected chi connectivity index (χ1v) is 12.4. The van der Waals surface area contributed by atoms with E-state index in [-0.39, 0.29) is 4.90 Å². The Bertz CT molecular complexity index is 1560. The van der Waals surface area contributed by atoms with Gasteiger partial charge in [-0.1, -0.05) is 39.6 Å². The second-order valence-corrected chi connectivity index (χ2v) is 9.73. The largest absolute Gasteiger partial charge is 0.355 e. The van der Waals surface area contributed by atoms with E-state index in [4.69, 9.17) is 32.2 Å². The summed E-state index contributed by atoms with van der Waals surface area (Å²) in [4.78, 5) is 0.234. The summed E-state index contributed by atoms with van der Waals surface area (Å²) in [5.74, 6) is 1.05. The molecule has 1 N–H and O–H groups in total. The maximum atomic E-state index is 12.3. The fraction of sp³-hybridized carbons (Fsp3) is 0.0769. The van der Waals surface area contributed by atoms with Crippen LogP contribution in [0, 0.1) is 13.8 Å². The second-order valence-electron chi connectivity index (χ2n) is 7.92. The molecule has 0 saturated carbocycles. The van der Waals surface area contributed by atoms with Gasteiger partial charge in [-0.25, -0.2) is 4.21 Å². The molecule has 176 valence electrons. The third-order valence-corrected chi connectivity index (χ3v) is 6.90. The van der Waals surface area contributed by atoms with E-state index in [1.54, 1.807) is 43.3 Å². The second kappa shape index (κ2) is 9.43. The molecule has 1 atom stereocenters. The predicted molar refractivity (Wildman–Crippen MR) is 137 cm³/mol. The van der Waals surface area contributed by atoms with Crippen molar-refractivity contribution in [1.82, 2.24) is 10.3 Å². The maximum absolute atomic E-state index is 12.3. The SMILES string of the molecule is Cc1noc(-c2ccc(Cl)cc2)c1-c1ccc(S(=O)O)c(-c2c(C)noc2-c2ccc(Cl)cc2)c1. The Morgan fingerprint density at radius 3 is 1.69 bits per heavy atom. The molecule has 2 aromatic heterocycles. The van der Waals surface area contributed by atoms with Crippen LogP contribution in [0.15, 0.2) is 80.7 Å². The van der Waals surface area contributed by atoms with Crippen molar-refractivity contribution in [3.05, 3.63) is 88.2 Å². The maximum Gasteiger partial charge on any atom is 0.187 e. The molecular weight excluding hydrogens is 507 g/mol. The molecular formula is C26H18Cl2N2O4S. The molecule has 0 aliphatic heterocycles. The first-order valence-electron chi connectivity index (χ1n) is 10.5. The van der Waals surface area contributed by atoms with Crippen molar-refractivity contribution >= 4 is 34.3 Å². The molecule has 1 unspecified atom stereocenters. The van der Waals surface area contributed by atoms with Crippen molar-refractivity contribution in [3.63, 3.8) is 0 Å². The Kier molecular flexibility index (Phi) is 6.34. The molecule has 5 rings (SSSR count). The van der Waals surface area contributed by atoms with Crippen molar-refractivity contribution in [2.24, 2.45) is 0 Å². The molecule has 0 aliphatic rings. The quantitative estimate of drug-likeness (QED) is 0.235. The summed E-state index contributed by atoms with van der Waals surface area (Å²) in [6, 6.07) is 19.6. The normalized spacial score (nSPS) is 12.1. The zero-order valence-electron chi connectivity index (χ0n) is 18.6. The average molecular weight is 525 g/mol. The van der Waals surface area contributed by atoms with Crippen LogP contribution in [0.5, 0.6) is 0 Å². The van der Waals surface area contributed by atoms with Crippen molar-refractivity contribution < 1.29 is 17.8 Å². The van der Waals surface area contributed by atoms with Gasteiger partial charge in [-0.2, -0.15) is 0 Å². The molecule has 2 heterocycles. The molecule has 6 nitrogen and oxygen atoms in total. The fourth-order valence-corrected chi connectivity index (χ4v) is 4.81. The van der Waals surface area contributed by atoms with E-state index in [1.165, 1.54) is 0 Å². The van der Waals surface area contributed by atoms with Gasteiger partial charge in [0.05, 0.1) is 27.4 Å². The smallest absolute Gasteiger partial charge is 0.187 e. The number of rotatable bonds is 5. The van der Waals surface area contributed by atoms with E-state index >= 15 is 0 Å². The van der Waals surface area contributed by atoms with Crippen LogP contribution in [0.25, 0.3) is 44.9 Å². The Balaban J connectivity index is 1.72. The van der Waals surface area contributed by atoms with Crippen molar-refractivity contribution in [3.8, 4) is 44.9 Å². The van der Waals surface area contributed by atoms with E-state index in [2.05, 4.69) is 10.3 Å². The van der Waals surface area contributed by atoms with Crippen molar-refractivity contribution in [2.75, 3.05) is 0 Å². The van der Waals surface area contributed by atoms with Crippen LogP contribution in [-0.4, -0.2) is 19.1 Å². The first-order chi connectivity index (χ1) is 16.8. The molecule has 0 spiro atoms. The summed E-state index contributed by atoms with van der Waals surface area (Å²) in [5, 5.41) is 9.51. The highest BCUT2D eigenvalue weighted by Gasteiger charge is 2.24. The highest BCUT2D eigenvalue weighted by molar-refractivity contribution is 7.79. The van der Waals surface area contributed by atoms with Crippen molar-refractivity contribution in [1.29, 1.82) is 0 Å². The average Bonchev–Trinajstić information content (AvgIpc) is 3.42. The topological polar surface area (TPSA) is 89.4 Å². The zero-order chi connectivity index (χ0) is 24.7. The molecule has 0 aliphatic carbocycles. The summed E-state index contributed by atoms with van der Waals surface area (Å²) in [6.07, 6.45) is 0. The number of hydrogen-bond acceptors (Lipinski definition) is 5. The first kappa shape index (κ1) is 23.5. The third kappa shape index (κ3) is 4.44. The number of aromatic nitrogens is 2. The summed E-state index contributed by atoms with van der Waals surface area (Å²) in [5.41, 5.74) is 5.49. The molecule has 35 heavy (non-hydrogen) atoms. The highest BCUT2D eigenvalue weighted by Crippen LogP contribution is 2.42. The van der Waals surface area contributed by atoms with Crippen LogP contribution in [0.3, 0.4) is 0 Å². The minimum absolute atomic E-state index is 0.234. The summed E-state index contributed by atoms with van der Waals surface area (Å²) in [6.45, 7) is 3.64. The van der Waals surface area contributed by atoms with Gasteiger partial charge in [-0.15, -0.1) is 0 Å². The van der Waals surface area contributed by atoms with E-state index < -0.39 is 11.1 Å². The Morgan fingerprint density at radius 1 is 0.714 bits per heavy atom. The Hall–Kier alpha value is -3.23. The van der Waals surface area contributed by atoms with Crippen LogP contribution in [-0.2, 0) is 11.1 Å². The minimum Gasteiger partial charge on any atom is -0.355 e. The number of benzene rings is 3. The van der Waals surface area contributed by atoms with Gasteiger partial charge in [0.15, 0.2) is 22.6 Å². The van der Waals surface area contributed by atoms with Gasteiger partial charge in [0.25, 0.3) is 0 Å². The van der Waals surface area contributed by atoms with Crippen LogP contribution in [0.4, 0.5) is 0 Å². The van der Waals surface area contributed by atoms with E-state index in [9.17, 15) is 8.76 Å². The van der Waals surface area contributed by atoms with E-state index in [0.717, 1.165) is 22.3 Å². The molecule has 0 fully saturated rings. The van der Waals surface area contributed by atoms with Crippen LogP contribution in [0.1, 0.15) is 11.4 Å². The number of nitrogens with zero attached hydrogens (tertiary/aromatic N) is 2. The molecule has 0 amide bonds. The van der Waals surface area contributed by atoms with E-state index in [1.807, 2.05) is 37.3 Å². The molecule has 3 aromatic carbocycles. The number of hydrogen-bond donors (Lipinski definition) is 1. The number of aryl methyl sites for hydroxylation is 2. The highest BCUT2D eigenvalue weighted by atomic mass is 35.5. The minimum atomic E-state index is -2.25. The lowest BCUT2D eigenvalue weighted by Crippen LogP contribution is -1.96. The summed E-state index contributed by atoms with van der Waals surface area (Å²) < 4.78 is 33.7. The molecule has 5 aromatic rings. The third-order valence-electron chi connectivity index (χ3n) is 5.66. The van der Waals surface area contributed by atoms with Crippen LogP contribution in [0.2, 0.25) is 10.0 Å². The predicted octanol–water partition coefficient (Wildman–Crippen LogP) is 7.83. The molecule has 0 radical (unpaired) electrons. The van der Waals surface area contributed by atoms with Crippen molar-refractivity contribution in [2.45, 2.75) is 18.7 Å². The van der Waals surface area contributed by atoms with Gasteiger partial charge in [-0.05, 0) is 80.1 Å². The molecule has 9 heteroatoms. The standard InChI is InChI=1S/C26H18Cl2N2O4S/c1-14-23(25(33-29-14)16-3-8-19(27)9-4-16)18-7-12-22(35(31)32)21(13-18)24-15(2)30-34-26(24)17-5-10-20(28)11-6-17/h3-13H,1-2H3,(H,31,32). The van der Waals surface area contributed by atoms with Gasteiger partial charge in [0.1, 0.15) is 0 Å². The number of halogens is 2. The van der Waals surface area contributed by atoms with Crippen LogP contribution < -0.4 is 0 Å². The monoisotopic (exact) mass is 524 g/mol. The summed E-state index contributed by atoms with van der Waals surface area (Å²) in [7, 11) is 0. The Labute approximate surface area is 213 Å². The van der Waals surface area contributed by atoms with Gasteiger partial charge in [-0.3, -0.25) is 0 Å². The lowest BCUT2D eigenvalue weighted by molar-refractivity contribution is 0.427. The van der Waals surface area contributed by atoms with E-state index in [0.29, 0.717) is 44.1 Å². The summed E-state index contributed by atoms with van der Waals surface area (Å²) >= 11 is 9.86. The molecule has 0 saturated heterocycles. The Morgan fingerprint density at radius 2 is 1.17 bits per heavy atom.